The highest BCUT2D eigenvalue weighted by molar-refractivity contribution is 7.89. The van der Waals surface area contributed by atoms with Crippen molar-refractivity contribution in [2.75, 3.05) is 5.32 Å². The molecule has 0 aliphatic heterocycles. The second-order valence-corrected chi connectivity index (χ2v) is 8.74. The molecule has 0 saturated carbocycles. The van der Waals surface area contributed by atoms with E-state index in [2.05, 4.69) is 20.0 Å². The number of benzene rings is 2. The van der Waals surface area contributed by atoms with E-state index in [0.29, 0.717) is 29.2 Å². The van der Waals surface area contributed by atoms with Crippen LogP contribution in [0.5, 0.6) is 0 Å². The number of sulfonamides is 1. The summed E-state index contributed by atoms with van der Waals surface area (Å²) in [6.07, 6.45) is 1.69. The van der Waals surface area contributed by atoms with Gasteiger partial charge in [-0.15, -0.1) is 0 Å². The lowest BCUT2D eigenvalue weighted by atomic mass is 10.2. The molecule has 0 unspecified atom stereocenters. The molecular formula is C22H21N5O3S. The van der Waals surface area contributed by atoms with Crippen LogP contribution in [0.4, 0.5) is 5.69 Å². The van der Waals surface area contributed by atoms with Gasteiger partial charge in [0.05, 0.1) is 18.0 Å². The van der Waals surface area contributed by atoms with Gasteiger partial charge in [-0.25, -0.2) is 23.1 Å². The van der Waals surface area contributed by atoms with Gasteiger partial charge in [0.1, 0.15) is 11.3 Å². The first-order valence-electron chi connectivity index (χ1n) is 9.64. The summed E-state index contributed by atoms with van der Waals surface area (Å²) in [7, 11) is -3.77. The Labute approximate surface area is 180 Å². The van der Waals surface area contributed by atoms with E-state index in [-0.39, 0.29) is 17.3 Å². The molecule has 2 heterocycles. The molecule has 0 spiro atoms. The van der Waals surface area contributed by atoms with Crippen molar-refractivity contribution in [3.63, 3.8) is 0 Å². The molecule has 9 heteroatoms. The molecule has 0 bridgehead atoms. The van der Waals surface area contributed by atoms with E-state index < -0.39 is 10.0 Å². The monoisotopic (exact) mass is 435 g/mol. The van der Waals surface area contributed by atoms with Crippen LogP contribution >= 0.6 is 0 Å². The normalized spacial score (nSPS) is 11.5. The number of fused-ring (bicyclic) bond motifs is 1. The fraction of sp³-hybridized carbons (Fsp3) is 0.136. The Hall–Kier alpha value is -3.56. The molecule has 31 heavy (non-hydrogen) atoms. The van der Waals surface area contributed by atoms with Crippen LogP contribution in [0.25, 0.3) is 11.2 Å². The van der Waals surface area contributed by atoms with E-state index in [1.807, 2.05) is 41.0 Å². The van der Waals surface area contributed by atoms with Gasteiger partial charge in [0, 0.05) is 18.8 Å². The SMILES string of the molecule is CC(=O)Nc1ccc(S(=O)(=O)NCc2nc3cccnc3n2Cc2ccccc2)cc1. The largest absolute Gasteiger partial charge is 0.326 e. The maximum atomic E-state index is 12.8. The zero-order chi connectivity index (χ0) is 21.8. The molecule has 4 aromatic rings. The molecule has 2 N–H and O–H groups in total. The summed E-state index contributed by atoms with van der Waals surface area (Å²) in [6.45, 7) is 1.93. The van der Waals surface area contributed by atoms with Gasteiger partial charge < -0.3 is 9.88 Å². The van der Waals surface area contributed by atoms with Crippen molar-refractivity contribution in [3.8, 4) is 0 Å². The van der Waals surface area contributed by atoms with Crippen molar-refractivity contribution in [3.05, 3.63) is 84.3 Å². The number of nitrogens with zero attached hydrogens (tertiary/aromatic N) is 3. The standard InChI is InChI=1S/C22H21N5O3S/c1-16(28)25-18-9-11-19(12-10-18)31(29,30)24-14-21-26-20-8-5-13-23-22(20)27(21)15-17-6-3-2-4-7-17/h2-13,24H,14-15H2,1H3,(H,25,28). The molecule has 2 aromatic heterocycles. The molecule has 8 nitrogen and oxygen atoms in total. The van der Waals surface area contributed by atoms with Crippen LogP contribution in [0.3, 0.4) is 0 Å². The number of anilines is 1. The first kappa shape index (κ1) is 20.7. The number of hydrogen-bond donors (Lipinski definition) is 2. The van der Waals surface area contributed by atoms with Crippen molar-refractivity contribution in [2.45, 2.75) is 24.9 Å². The van der Waals surface area contributed by atoms with Crippen molar-refractivity contribution in [2.24, 2.45) is 0 Å². The molecule has 0 fully saturated rings. The predicted molar refractivity (Wildman–Crippen MR) is 118 cm³/mol. The fourth-order valence-electron chi connectivity index (χ4n) is 3.24. The van der Waals surface area contributed by atoms with E-state index in [9.17, 15) is 13.2 Å². The first-order chi connectivity index (χ1) is 14.9. The predicted octanol–water partition coefficient (Wildman–Crippen LogP) is 2.92. The number of nitrogens with one attached hydrogen (secondary N) is 2. The summed E-state index contributed by atoms with van der Waals surface area (Å²) in [6, 6.07) is 19.5. The Morgan fingerprint density at radius 3 is 2.45 bits per heavy atom. The van der Waals surface area contributed by atoms with Gasteiger partial charge in [-0.3, -0.25) is 4.79 Å². The first-order valence-corrected chi connectivity index (χ1v) is 11.1. The third-order valence-corrected chi connectivity index (χ3v) is 6.09. The van der Waals surface area contributed by atoms with Crippen LogP contribution < -0.4 is 10.0 Å². The Bertz CT molecular complexity index is 1320. The maximum absolute atomic E-state index is 12.8. The van der Waals surface area contributed by atoms with E-state index in [1.165, 1.54) is 19.1 Å². The molecule has 2 aromatic carbocycles. The third kappa shape index (κ3) is 4.79. The van der Waals surface area contributed by atoms with Gasteiger partial charge in [0.2, 0.25) is 15.9 Å². The number of hydrogen-bond acceptors (Lipinski definition) is 5. The summed E-state index contributed by atoms with van der Waals surface area (Å²) >= 11 is 0. The van der Waals surface area contributed by atoms with Crippen LogP contribution in [0.15, 0.2) is 77.8 Å². The summed E-state index contributed by atoms with van der Waals surface area (Å²) in [5, 5.41) is 2.61. The second-order valence-electron chi connectivity index (χ2n) is 6.98. The van der Waals surface area contributed by atoms with Gasteiger partial charge in [0.25, 0.3) is 0 Å². The smallest absolute Gasteiger partial charge is 0.240 e. The number of amides is 1. The van der Waals surface area contributed by atoms with Crippen molar-refractivity contribution in [1.29, 1.82) is 0 Å². The van der Waals surface area contributed by atoms with Crippen LogP contribution in [0.1, 0.15) is 18.3 Å². The van der Waals surface area contributed by atoms with Gasteiger partial charge in [-0.05, 0) is 42.0 Å². The zero-order valence-electron chi connectivity index (χ0n) is 16.8. The molecule has 0 saturated heterocycles. The number of pyridine rings is 1. The van der Waals surface area contributed by atoms with Crippen LogP contribution in [-0.2, 0) is 27.9 Å². The highest BCUT2D eigenvalue weighted by atomic mass is 32.2. The molecule has 0 radical (unpaired) electrons. The highest BCUT2D eigenvalue weighted by Gasteiger charge is 2.18. The van der Waals surface area contributed by atoms with Gasteiger partial charge in [0.15, 0.2) is 5.65 Å². The number of carbonyl (C=O) groups is 1. The summed E-state index contributed by atoms with van der Waals surface area (Å²) in [4.78, 5) is 20.2. The van der Waals surface area contributed by atoms with Gasteiger partial charge >= 0.3 is 0 Å². The minimum absolute atomic E-state index is 0.0129. The molecule has 0 aliphatic rings. The van der Waals surface area contributed by atoms with Crippen LogP contribution in [-0.4, -0.2) is 28.9 Å². The quantitative estimate of drug-likeness (QED) is 0.464. The van der Waals surface area contributed by atoms with Gasteiger partial charge in [-0.1, -0.05) is 30.3 Å². The lowest BCUT2D eigenvalue weighted by Crippen LogP contribution is -2.25. The Morgan fingerprint density at radius 2 is 1.74 bits per heavy atom. The number of carbonyl (C=O) groups excluding carboxylic acids is 1. The number of aromatic nitrogens is 3. The summed E-state index contributed by atoms with van der Waals surface area (Å²) in [5.41, 5.74) is 2.99. The lowest BCUT2D eigenvalue weighted by Gasteiger charge is -2.11. The molecule has 4 rings (SSSR count). The van der Waals surface area contributed by atoms with E-state index in [0.717, 1.165) is 5.56 Å². The molecule has 158 valence electrons. The van der Waals surface area contributed by atoms with Crippen LogP contribution in [0.2, 0.25) is 0 Å². The molecule has 1 amide bonds. The Kier molecular flexibility index (Phi) is 5.79. The van der Waals surface area contributed by atoms with Gasteiger partial charge in [-0.2, -0.15) is 0 Å². The maximum Gasteiger partial charge on any atom is 0.240 e. The average molecular weight is 436 g/mol. The second kappa shape index (κ2) is 8.66. The minimum Gasteiger partial charge on any atom is -0.326 e. The number of imidazole rings is 1. The fourth-order valence-corrected chi connectivity index (χ4v) is 4.22. The summed E-state index contributed by atoms with van der Waals surface area (Å²) < 4.78 is 30.1. The van der Waals surface area contributed by atoms with E-state index in [4.69, 9.17) is 0 Å². The van der Waals surface area contributed by atoms with E-state index >= 15 is 0 Å². The average Bonchev–Trinajstić information content (AvgIpc) is 3.11. The molecule has 0 atom stereocenters. The topological polar surface area (TPSA) is 106 Å². The van der Waals surface area contributed by atoms with E-state index in [1.54, 1.807) is 24.4 Å². The highest BCUT2D eigenvalue weighted by Crippen LogP contribution is 2.18. The van der Waals surface area contributed by atoms with Crippen LogP contribution in [0, 0.1) is 0 Å². The molecule has 0 aliphatic carbocycles. The Balaban J connectivity index is 1.58. The summed E-state index contributed by atoms with van der Waals surface area (Å²) in [5.74, 6) is 0.343. The Morgan fingerprint density at radius 1 is 1.00 bits per heavy atom. The zero-order valence-corrected chi connectivity index (χ0v) is 17.6. The van der Waals surface area contributed by atoms with Crippen molar-refractivity contribution >= 4 is 32.8 Å². The lowest BCUT2D eigenvalue weighted by molar-refractivity contribution is -0.114. The molecular weight excluding hydrogens is 414 g/mol. The number of rotatable bonds is 7. The van der Waals surface area contributed by atoms with Crippen molar-refractivity contribution < 1.29 is 13.2 Å². The third-order valence-electron chi connectivity index (χ3n) is 4.67. The van der Waals surface area contributed by atoms with Crippen molar-refractivity contribution in [1.82, 2.24) is 19.3 Å². The minimum atomic E-state index is -3.77.